The van der Waals surface area contributed by atoms with E-state index in [4.69, 9.17) is 9.47 Å². The van der Waals surface area contributed by atoms with Gasteiger partial charge in [0, 0.05) is 26.2 Å². The summed E-state index contributed by atoms with van der Waals surface area (Å²) in [6.45, 7) is 8.51. The largest absolute Gasteiger partial charge is 0.496 e. The molecular formula is C19H28N2O4. The van der Waals surface area contributed by atoms with E-state index in [0.29, 0.717) is 45.1 Å². The van der Waals surface area contributed by atoms with Gasteiger partial charge in [-0.1, -0.05) is 26.0 Å². The van der Waals surface area contributed by atoms with E-state index >= 15 is 0 Å². The third kappa shape index (κ3) is 4.87. The van der Waals surface area contributed by atoms with E-state index in [0.717, 1.165) is 16.9 Å². The fraction of sp³-hybridized carbons (Fsp3) is 0.579. The number of piperazine rings is 1. The van der Waals surface area contributed by atoms with Crippen LogP contribution in [0.3, 0.4) is 0 Å². The van der Waals surface area contributed by atoms with Gasteiger partial charge in [-0.15, -0.1) is 0 Å². The average Bonchev–Trinajstić information content (AvgIpc) is 2.61. The SMILES string of the molecule is CCOC(=O)N1CCN(C(=O)Cc2ccc(OC)c(C(C)C)c2)CC1. The zero-order valence-corrected chi connectivity index (χ0v) is 15.6. The van der Waals surface area contributed by atoms with Gasteiger partial charge in [-0.2, -0.15) is 0 Å². The standard InChI is InChI=1S/C19H28N2O4/c1-5-25-19(23)21-10-8-20(9-11-21)18(22)13-15-6-7-17(24-4)16(12-15)14(2)3/h6-7,12,14H,5,8-11,13H2,1-4H3. The molecule has 0 bridgehead atoms. The summed E-state index contributed by atoms with van der Waals surface area (Å²) >= 11 is 0. The molecule has 1 fully saturated rings. The van der Waals surface area contributed by atoms with Gasteiger partial charge in [-0.25, -0.2) is 4.79 Å². The molecule has 6 heteroatoms. The van der Waals surface area contributed by atoms with Crippen molar-refractivity contribution in [2.75, 3.05) is 39.9 Å². The van der Waals surface area contributed by atoms with Crippen LogP contribution in [0.2, 0.25) is 0 Å². The molecule has 1 heterocycles. The summed E-state index contributed by atoms with van der Waals surface area (Å²) in [5.41, 5.74) is 2.10. The molecule has 1 aromatic rings. The Kier molecular flexibility index (Phi) is 6.67. The fourth-order valence-electron chi connectivity index (χ4n) is 2.98. The maximum Gasteiger partial charge on any atom is 0.409 e. The van der Waals surface area contributed by atoms with E-state index in [1.54, 1.807) is 18.9 Å². The minimum absolute atomic E-state index is 0.0865. The second-order valence-electron chi connectivity index (χ2n) is 6.47. The van der Waals surface area contributed by atoms with Crippen LogP contribution in [0.5, 0.6) is 5.75 Å². The smallest absolute Gasteiger partial charge is 0.409 e. The van der Waals surface area contributed by atoms with Crippen LogP contribution in [0.15, 0.2) is 18.2 Å². The Morgan fingerprint density at radius 3 is 2.32 bits per heavy atom. The highest BCUT2D eigenvalue weighted by molar-refractivity contribution is 5.79. The molecule has 0 aromatic heterocycles. The summed E-state index contributed by atoms with van der Waals surface area (Å²) in [7, 11) is 1.66. The van der Waals surface area contributed by atoms with E-state index in [1.807, 2.05) is 17.0 Å². The molecule has 1 aromatic carbocycles. The summed E-state index contributed by atoms with van der Waals surface area (Å²) in [6.07, 6.45) is 0.0645. The van der Waals surface area contributed by atoms with E-state index in [1.165, 1.54) is 0 Å². The minimum Gasteiger partial charge on any atom is -0.496 e. The van der Waals surface area contributed by atoms with Crippen LogP contribution in [0.25, 0.3) is 0 Å². The quantitative estimate of drug-likeness (QED) is 0.821. The van der Waals surface area contributed by atoms with E-state index in [9.17, 15) is 9.59 Å². The Bertz CT molecular complexity index is 607. The second kappa shape index (κ2) is 8.74. The molecule has 25 heavy (non-hydrogen) atoms. The van der Waals surface area contributed by atoms with Crippen molar-refractivity contribution in [3.05, 3.63) is 29.3 Å². The lowest BCUT2D eigenvalue weighted by Gasteiger charge is -2.34. The molecule has 0 N–H and O–H groups in total. The highest BCUT2D eigenvalue weighted by Crippen LogP contribution is 2.27. The van der Waals surface area contributed by atoms with E-state index < -0.39 is 0 Å². The van der Waals surface area contributed by atoms with Crippen LogP contribution < -0.4 is 4.74 Å². The first-order valence-electron chi connectivity index (χ1n) is 8.82. The summed E-state index contributed by atoms with van der Waals surface area (Å²) in [5, 5.41) is 0. The van der Waals surface area contributed by atoms with Crippen LogP contribution in [0.1, 0.15) is 37.8 Å². The highest BCUT2D eigenvalue weighted by atomic mass is 16.6. The molecule has 0 radical (unpaired) electrons. The molecule has 138 valence electrons. The third-order valence-corrected chi connectivity index (χ3v) is 4.43. The molecular weight excluding hydrogens is 320 g/mol. The topological polar surface area (TPSA) is 59.1 Å². The van der Waals surface area contributed by atoms with Crippen molar-refractivity contribution in [2.45, 2.75) is 33.1 Å². The first kappa shape index (κ1) is 19.1. The summed E-state index contributed by atoms with van der Waals surface area (Å²) in [6, 6.07) is 5.92. The van der Waals surface area contributed by atoms with E-state index in [2.05, 4.69) is 19.9 Å². The molecule has 0 aliphatic carbocycles. The number of benzene rings is 1. The van der Waals surface area contributed by atoms with Crippen molar-refractivity contribution in [2.24, 2.45) is 0 Å². The summed E-state index contributed by atoms with van der Waals surface area (Å²) in [4.78, 5) is 27.7. The van der Waals surface area contributed by atoms with Crippen molar-refractivity contribution in [3.63, 3.8) is 0 Å². The molecule has 6 nitrogen and oxygen atoms in total. The second-order valence-corrected chi connectivity index (χ2v) is 6.47. The van der Waals surface area contributed by atoms with Gasteiger partial charge in [0.05, 0.1) is 20.1 Å². The van der Waals surface area contributed by atoms with Crippen LogP contribution in [-0.4, -0.2) is 61.7 Å². The predicted molar refractivity (Wildman–Crippen MR) is 96.0 cm³/mol. The molecule has 0 saturated carbocycles. The minimum atomic E-state index is -0.300. The van der Waals surface area contributed by atoms with Gasteiger partial charge in [0.25, 0.3) is 0 Å². The fourth-order valence-corrected chi connectivity index (χ4v) is 2.98. The first-order valence-corrected chi connectivity index (χ1v) is 8.82. The monoisotopic (exact) mass is 348 g/mol. The Balaban J connectivity index is 1.95. The van der Waals surface area contributed by atoms with Gasteiger partial charge < -0.3 is 19.3 Å². The Hall–Kier alpha value is -2.24. The molecule has 0 unspecified atom stereocenters. The highest BCUT2D eigenvalue weighted by Gasteiger charge is 2.25. The lowest BCUT2D eigenvalue weighted by atomic mass is 9.98. The maximum atomic E-state index is 12.6. The van der Waals surface area contributed by atoms with Crippen molar-refractivity contribution in [1.82, 2.24) is 9.80 Å². The Labute approximate surface area is 149 Å². The summed E-state index contributed by atoms with van der Waals surface area (Å²) in [5.74, 6) is 1.27. The number of rotatable bonds is 5. The molecule has 2 rings (SSSR count). The number of amides is 2. The van der Waals surface area contributed by atoms with Crippen molar-refractivity contribution in [3.8, 4) is 5.75 Å². The molecule has 2 amide bonds. The van der Waals surface area contributed by atoms with Gasteiger partial charge >= 0.3 is 6.09 Å². The van der Waals surface area contributed by atoms with Gasteiger partial charge in [0.15, 0.2) is 0 Å². The van der Waals surface area contributed by atoms with Crippen LogP contribution in [0, 0.1) is 0 Å². The Morgan fingerprint density at radius 2 is 1.76 bits per heavy atom. The summed E-state index contributed by atoms with van der Waals surface area (Å²) < 4.78 is 10.4. The van der Waals surface area contributed by atoms with Gasteiger partial charge in [-0.3, -0.25) is 4.79 Å². The van der Waals surface area contributed by atoms with E-state index in [-0.39, 0.29) is 12.0 Å². The maximum absolute atomic E-state index is 12.6. The number of nitrogens with zero attached hydrogens (tertiary/aromatic N) is 2. The molecule has 1 aliphatic rings. The number of hydrogen-bond donors (Lipinski definition) is 0. The molecule has 0 atom stereocenters. The third-order valence-electron chi connectivity index (χ3n) is 4.43. The van der Waals surface area contributed by atoms with Gasteiger partial charge in [0.2, 0.25) is 5.91 Å². The first-order chi connectivity index (χ1) is 12.0. The normalized spacial score (nSPS) is 14.6. The lowest BCUT2D eigenvalue weighted by Crippen LogP contribution is -2.51. The number of carbonyl (C=O) groups excluding carboxylic acids is 2. The van der Waals surface area contributed by atoms with Crippen molar-refractivity contribution in [1.29, 1.82) is 0 Å². The zero-order valence-electron chi connectivity index (χ0n) is 15.6. The number of carbonyl (C=O) groups is 2. The van der Waals surface area contributed by atoms with Crippen molar-refractivity contribution >= 4 is 12.0 Å². The van der Waals surface area contributed by atoms with Crippen molar-refractivity contribution < 1.29 is 19.1 Å². The molecule has 0 spiro atoms. The lowest BCUT2D eigenvalue weighted by molar-refractivity contribution is -0.132. The number of ether oxygens (including phenoxy) is 2. The molecule has 1 saturated heterocycles. The zero-order chi connectivity index (χ0) is 18.4. The predicted octanol–water partition coefficient (Wildman–Crippen LogP) is 2.66. The van der Waals surface area contributed by atoms with Crippen LogP contribution >= 0.6 is 0 Å². The number of methoxy groups -OCH3 is 1. The van der Waals surface area contributed by atoms with Gasteiger partial charge in [0.1, 0.15) is 5.75 Å². The average molecular weight is 348 g/mol. The van der Waals surface area contributed by atoms with Gasteiger partial charge in [-0.05, 0) is 30.0 Å². The number of hydrogen-bond acceptors (Lipinski definition) is 4. The van der Waals surface area contributed by atoms with Crippen LogP contribution in [-0.2, 0) is 16.0 Å². The Morgan fingerprint density at radius 1 is 1.12 bits per heavy atom. The van der Waals surface area contributed by atoms with Crippen LogP contribution in [0.4, 0.5) is 4.79 Å². The molecule has 1 aliphatic heterocycles.